The second-order valence-corrected chi connectivity index (χ2v) is 7.90. The summed E-state index contributed by atoms with van der Waals surface area (Å²) in [5, 5.41) is 16.1. The molecule has 2 N–H and O–H groups in total. The van der Waals surface area contributed by atoms with Crippen molar-refractivity contribution in [1.29, 1.82) is 0 Å². The molecule has 0 saturated carbocycles. The Morgan fingerprint density at radius 3 is 2.67 bits per heavy atom. The maximum absolute atomic E-state index is 10.6. The smallest absolute Gasteiger partial charge is 0.101 e. The quantitative estimate of drug-likeness (QED) is 0.784. The van der Waals surface area contributed by atoms with Crippen LogP contribution >= 0.6 is 23.7 Å². The van der Waals surface area contributed by atoms with Gasteiger partial charge in [0.05, 0.1) is 0 Å². The number of rotatable bonds is 7. The molecule has 2 aromatic rings. The molecule has 132 valence electrons. The van der Waals surface area contributed by atoms with Gasteiger partial charge in [0.1, 0.15) is 6.10 Å². The summed E-state index contributed by atoms with van der Waals surface area (Å²) in [6, 6.07) is 14.6. The third kappa shape index (κ3) is 5.30. The Kier molecular flexibility index (Phi) is 7.26. The first-order chi connectivity index (χ1) is 11.1. The van der Waals surface area contributed by atoms with Crippen molar-refractivity contribution in [3.05, 3.63) is 58.3 Å². The predicted octanol–water partition coefficient (Wildman–Crippen LogP) is 3.71. The number of hydrogen-bond donors (Lipinski definition) is 2. The first kappa shape index (κ1) is 19.4. The van der Waals surface area contributed by atoms with Crippen molar-refractivity contribution < 1.29 is 5.11 Å². The molecule has 1 aliphatic heterocycles. The lowest BCUT2D eigenvalue weighted by molar-refractivity contribution is 0.0852. The van der Waals surface area contributed by atoms with Gasteiger partial charge in [0.15, 0.2) is 0 Å². The molecular weight excluding hydrogens is 340 g/mol. The molecule has 3 rings (SSSR count). The number of benzene rings is 1. The minimum atomic E-state index is -0.406. The fraction of sp³-hybridized carbons (Fsp3) is 0.474. The summed E-state index contributed by atoms with van der Waals surface area (Å²) >= 11 is 1.63. The van der Waals surface area contributed by atoms with Gasteiger partial charge in [-0.05, 0) is 35.4 Å². The second-order valence-electron chi connectivity index (χ2n) is 6.92. The molecule has 1 saturated heterocycles. The van der Waals surface area contributed by atoms with Crippen molar-refractivity contribution in [3.63, 3.8) is 0 Å². The summed E-state index contributed by atoms with van der Waals surface area (Å²) in [4.78, 5) is 3.46. The molecule has 0 aliphatic carbocycles. The Hall–Kier alpha value is -0.910. The molecule has 0 spiro atoms. The van der Waals surface area contributed by atoms with E-state index in [0.717, 1.165) is 31.1 Å². The number of halogens is 1. The fourth-order valence-corrected chi connectivity index (χ4v) is 4.09. The Labute approximate surface area is 155 Å². The topological polar surface area (TPSA) is 35.5 Å². The van der Waals surface area contributed by atoms with Crippen molar-refractivity contribution in [3.8, 4) is 0 Å². The molecule has 3 nitrogen and oxygen atoms in total. The van der Waals surface area contributed by atoms with Crippen molar-refractivity contribution in [2.45, 2.75) is 26.0 Å². The molecule has 24 heavy (non-hydrogen) atoms. The third-order valence-electron chi connectivity index (χ3n) is 4.61. The van der Waals surface area contributed by atoms with E-state index >= 15 is 0 Å². The van der Waals surface area contributed by atoms with Crippen LogP contribution in [0.4, 0.5) is 0 Å². The summed E-state index contributed by atoms with van der Waals surface area (Å²) in [6.07, 6.45) is 0.796. The summed E-state index contributed by atoms with van der Waals surface area (Å²) < 4.78 is 0. The van der Waals surface area contributed by atoms with E-state index in [-0.39, 0.29) is 12.4 Å². The number of nitrogens with zero attached hydrogens (tertiary/aromatic N) is 1. The lowest BCUT2D eigenvalue weighted by Gasteiger charge is -2.33. The summed E-state index contributed by atoms with van der Waals surface area (Å²) in [6.45, 7) is 7.10. The minimum Gasteiger partial charge on any atom is -0.386 e. The highest BCUT2D eigenvalue weighted by molar-refractivity contribution is 7.10. The van der Waals surface area contributed by atoms with Gasteiger partial charge in [0.25, 0.3) is 0 Å². The van der Waals surface area contributed by atoms with Gasteiger partial charge in [0, 0.05) is 31.1 Å². The Morgan fingerprint density at radius 2 is 2.04 bits per heavy atom. The normalized spacial score (nSPS) is 21.6. The van der Waals surface area contributed by atoms with Crippen molar-refractivity contribution in [2.24, 2.45) is 5.41 Å². The molecule has 1 aliphatic rings. The molecule has 2 atom stereocenters. The van der Waals surface area contributed by atoms with Crippen LogP contribution in [0.15, 0.2) is 47.8 Å². The summed E-state index contributed by atoms with van der Waals surface area (Å²) in [5.74, 6) is 0. The van der Waals surface area contributed by atoms with Crippen molar-refractivity contribution in [1.82, 2.24) is 10.2 Å². The molecule has 1 aromatic carbocycles. The van der Waals surface area contributed by atoms with Crippen LogP contribution in [-0.2, 0) is 6.54 Å². The van der Waals surface area contributed by atoms with E-state index in [1.165, 1.54) is 12.0 Å². The highest BCUT2D eigenvalue weighted by atomic mass is 35.5. The van der Waals surface area contributed by atoms with Crippen LogP contribution in [0.2, 0.25) is 0 Å². The average Bonchev–Trinajstić information content (AvgIpc) is 3.20. The number of nitrogens with one attached hydrogen (secondary N) is 1. The fourth-order valence-electron chi connectivity index (χ4n) is 3.39. The lowest BCUT2D eigenvalue weighted by Crippen LogP contribution is -2.39. The second kappa shape index (κ2) is 8.97. The highest BCUT2D eigenvalue weighted by Crippen LogP contribution is 2.28. The molecule has 2 heterocycles. The van der Waals surface area contributed by atoms with Crippen LogP contribution in [0.3, 0.4) is 0 Å². The standard InChI is InChI=1S/C19H26N2OS.ClH/c1-19(9-10-20-14-19)15-21(12-16-6-3-2-4-7-16)13-17(22)18-8-5-11-23-18;/h2-8,11,17,20,22H,9-10,12-15H2,1H3;1H. The molecule has 0 amide bonds. The van der Waals surface area contributed by atoms with E-state index in [1.54, 1.807) is 11.3 Å². The summed E-state index contributed by atoms with van der Waals surface area (Å²) in [7, 11) is 0. The number of aliphatic hydroxyl groups is 1. The van der Waals surface area contributed by atoms with Crippen molar-refractivity contribution in [2.75, 3.05) is 26.2 Å². The Balaban J connectivity index is 0.00000208. The van der Waals surface area contributed by atoms with Gasteiger partial charge in [-0.2, -0.15) is 0 Å². The zero-order chi connectivity index (χ0) is 16.1. The number of hydrogen-bond acceptors (Lipinski definition) is 4. The van der Waals surface area contributed by atoms with E-state index in [0.29, 0.717) is 12.0 Å². The Morgan fingerprint density at radius 1 is 1.25 bits per heavy atom. The third-order valence-corrected chi connectivity index (χ3v) is 5.59. The van der Waals surface area contributed by atoms with Gasteiger partial charge in [-0.15, -0.1) is 23.7 Å². The number of aliphatic hydroxyl groups excluding tert-OH is 1. The van der Waals surface area contributed by atoms with Gasteiger partial charge >= 0.3 is 0 Å². The van der Waals surface area contributed by atoms with Crippen LogP contribution in [0.1, 0.15) is 29.9 Å². The number of thiophene rings is 1. The molecular formula is C19H27ClN2OS. The van der Waals surface area contributed by atoms with E-state index in [1.807, 2.05) is 17.5 Å². The molecule has 1 aromatic heterocycles. The van der Waals surface area contributed by atoms with Crippen LogP contribution < -0.4 is 5.32 Å². The van der Waals surface area contributed by atoms with Gasteiger partial charge in [-0.3, -0.25) is 4.90 Å². The molecule has 0 radical (unpaired) electrons. The molecule has 1 fully saturated rings. The lowest BCUT2D eigenvalue weighted by atomic mass is 9.89. The van der Waals surface area contributed by atoms with E-state index in [4.69, 9.17) is 0 Å². The highest BCUT2D eigenvalue weighted by Gasteiger charge is 2.31. The van der Waals surface area contributed by atoms with Crippen LogP contribution in [0.5, 0.6) is 0 Å². The largest absolute Gasteiger partial charge is 0.386 e. The van der Waals surface area contributed by atoms with Gasteiger partial charge in [-0.1, -0.05) is 43.3 Å². The first-order valence-corrected chi connectivity index (χ1v) is 9.21. The van der Waals surface area contributed by atoms with Gasteiger partial charge in [0.2, 0.25) is 0 Å². The monoisotopic (exact) mass is 366 g/mol. The zero-order valence-corrected chi connectivity index (χ0v) is 15.8. The molecule has 5 heteroatoms. The molecule has 2 unspecified atom stereocenters. The van der Waals surface area contributed by atoms with Crippen LogP contribution in [-0.4, -0.2) is 36.2 Å². The van der Waals surface area contributed by atoms with Crippen molar-refractivity contribution >= 4 is 23.7 Å². The van der Waals surface area contributed by atoms with E-state index in [2.05, 4.69) is 47.5 Å². The predicted molar refractivity (Wildman–Crippen MR) is 104 cm³/mol. The van der Waals surface area contributed by atoms with Gasteiger partial charge < -0.3 is 10.4 Å². The van der Waals surface area contributed by atoms with Crippen LogP contribution in [0.25, 0.3) is 0 Å². The van der Waals surface area contributed by atoms with E-state index < -0.39 is 6.10 Å². The zero-order valence-electron chi connectivity index (χ0n) is 14.1. The first-order valence-electron chi connectivity index (χ1n) is 8.33. The summed E-state index contributed by atoms with van der Waals surface area (Å²) in [5.41, 5.74) is 1.60. The van der Waals surface area contributed by atoms with Gasteiger partial charge in [-0.25, -0.2) is 0 Å². The maximum Gasteiger partial charge on any atom is 0.101 e. The Bertz CT molecular complexity index is 585. The minimum absolute atomic E-state index is 0. The van der Waals surface area contributed by atoms with E-state index in [9.17, 15) is 5.11 Å². The molecule has 0 bridgehead atoms. The average molecular weight is 367 g/mol. The SMILES string of the molecule is CC1(CN(Cc2ccccc2)CC(O)c2cccs2)CCNC1.Cl. The van der Waals surface area contributed by atoms with Crippen LogP contribution in [0, 0.1) is 5.41 Å². The maximum atomic E-state index is 10.6.